The topological polar surface area (TPSA) is 101 Å². The maximum atomic E-state index is 12.7. The fraction of sp³-hybridized carbons (Fsp3) is 0.412. The number of sulfonamides is 1. The molecular formula is C17H24N4O4S2. The molecule has 1 amide bonds. The zero-order valence-corrected chi connectivity index (χ0v) is 17.6. The zero-order chi connectivity index (χ0) is 20.2. The quantitative estimate of drug-likeness (QED) is 0.687. The summed E-state index contributed by atoms with van der Waals surface area (Å²) < 4.78 is 33.3. The Bertz CT molecular complexity index is 923. The van der Waals surface area contributed by atoms with Crippen molar-refractivity contribution < 1.29 is 17.9 Å². The van der Waals surface area contributed by atoms with Crippen molar-refractivity contribution in [3.05, 3.63) is 23.9 Å². The van der Waals surface area contributed by atoms with Crippen molar-refractivity contribution in [3.8, 4) is 16.2 Å². The second-order valence-corrected chi connectivity index (χ2v) is 8.92. The molecule has 8 nitrogen and oxygen atoms in total. The molecule has 1 aromatic heterocycles. The van der Waals surface area contributed by atoms with Crippen LogP contribution in [0.25, 0.3) is 10.4 Å². The Labute approximate surface area is 163 Å². The first-order valence-electron chi connectivity index (χ1n) is 8.22. The fourth-order valence-electron chi connectivity index (χ4n) is 2.38. The number of anilines is 1. The van der Waals surface area contributed by atoms with Gasteiger partial charge in [-0.05, 0) is 44.8 Å². The first kappa shape index (κ1) is 21.3. The van der Waals surface area contributed by atoms with Gasteiger partial charge in [-0.25, -0.2) is 18.1 Å². The molecule has 148 valence electrons. The average Bonchev–Trinajstić information content (AvgIpc) is 2.93. The molecule has 2 aromatic rings. The Balaban J connectivity index is 2.40. The molecule has 2 N–H and O–H groups in total. The highest BCUT2D eigenvalue weighted by atomic mass is 32.2. The Kier molecular flexibility index (Phi) is 6.93. The van der Waals surface area contributed by atoms with Crippen LogP contribution in [0.15, 0.2) is 23.1 Å². The number of ether oxygens (including phenoxy) is 1. The molecule has 1 heterocycles. The van der Waals surface area contributed by atoms with Gasteiger partial charge in [0.2, 0.25) is 15.9 Å². The van der Waals surface area contributed by atoms with E-state index in [1.54, 1.807) is 18.2 Å². The molecule has 1 aromatic carbocycles. The van der Waals surface area contributed by atoms with Gasteiger partial charge in [0.25, 0.3) is 0 Å². The van der Waals surface area contributed by atoms with Crippen LogP contribution in [0.1, 0.15) is 12.6 Å². The minimum absolute atomic E-state index is 0.0649. The number of benzene rings is 1. The molecule has 0 aliphatic heterocycles. The van der Waals surface area contributed by atoms with Crippen LogP contribution in [0.2, 0.25) is 0 Å². The highest BCUT2D eigenvalue weighted by molar-refractivity contribution is 7.89. The van der Waals surface area contributed by atoms with E-state index in [1.165, 1.54) is 25.4 Å². The number of methoxy groups -OCH3 is 1. The Morgan fingerprint density at radius 3 is 2.63 bits per heavy atom. The van der Waals surface area contributed by atoms with Gasteiger partial charge in [0.15, 0.2) is 5.13 Å². The first-order valence-corrected chi connectivity index (χ1v) is 10.5. The zero-order valence-electron chi connectivity index (χ0n) is 16.0. The van der Waals surface area contributed by atoms with E-state index in [9.17, 15) is 13.2 Å². The van der Waals surface area contributed by atoms with E-state index in [-0.39, 0.29) is 23.1 Å². The van der Waals surface area contributed by atoms with Crippen molar-refractivity contribution >= 4 is 32.4 Å². The second kappa shape index (κ2) is 8.79. The van der Waals surface area contributed by atoms with Gasteiger partial charge in [0.05, 0.1) is 17.7 Å². The number of carbonyl (C=O) groups excluding carboxylic acids is 1. The van der Waals surface area contributed by atoms with Crippen molar-refractivity contribution in [2.45, 2.75) is 18.7 Å². The molecule has 10 heteroatoms. The molecule has 0 saturated carbocycles. The van der Waals surface area contributed by atoms with E-state index >= 15 is 0 Å². The van der Waals surface area contributed by atoms with Crippen molar-refractivity contribution in [1.82, 2.24) is 14.6 Å². The van der Waals surface area contributed by atoms with Crippen molar-refractivity contribution in [2.75, 3.05) is 39.6 Å². The van der Waals surface area contributed by atoms with Crippen LogP contribution in [0.4, 0.5) is 5.13 Å². The van der Waals surface area contributed by atoms with Crippen LogP contribution in [0.3, 0.4) is 0 Å². The highest BCUT2D eigenvalue weighted by Crippen LogP contribution is 2.36. The lowest BCUT2D eigenvalue weighted by molar-refractivity contribution is -0.114. The van der Waals surface area contributed by atoms with E-state index in [0.29, 0.717) is 22.9 Å². The summed E-state index contributed by atoms with van der Waals surface area (Å²) in [6.07, 6.45) is 0. The minimum Gasteiger partial charge on any atom is -0.495 e. The SMILES string of the molecule is COc1ccc(-c2sc(NC(C)=O)nc2C)cc1S(=O)(=O)NCCN(C)C. The number of nitrogens with one attached hydrogen (secondary N) is 2. The summed E-state index contributed by atoms with van der Waals surface area (Å²) in [6, 6.07) is 4.96. The maximum Gasteiger partial charge on any atom is 0.244 e. The van der Waals surface area contributed by atoms with E-state index in [4.69, 9.17) is 4.74 Å². The third-order valence-corrected chi connectivity index (χ3v) is 6.25. The van der Waals surface area contributed by atoms with E-state index in [1.807, 2.05) is 25.9 Å². The predicted molar refractivity (Wildman–Crippen MR) is 107 cm³/mol. The minimum atomic E-state index is -3.74. The van der Waals surface area contributed by atoms with Crippen LogP contribution in [0, 0.1) is 6.92 Å². The normalized spacial score (nSPS) is 11.6. The summed E-state index contributed by atoms with van der Waals surface area (Å²) in [4.78, 5) is 18.3. The number of hydrogen-bond acceptors (Lipinski definition) is 7. The van der Waals surface area contributed by atoms with Crippen LogP contribution in [0.5, 0.6) is 5.75 Å². The molecule has 0 radical (unpaired) electrons. The summed E-state index contributed by atoms with van der Waals surface area (Å²) in [7, 11) is 1.43. The maximum absolute atomic E-state index is 12.7. The van der Waals surface area contributed by atoms with Crippen molar-refractivity contribution in [3.63, 3.8) is 0 Å². The van der Waals surface area contributed by atoms with E-state index in [2.05, 4.69) is 15.0 Å². The smallest absolute Gasteiger partial charge is 0.244 e. The monoisotopic (exact) mass is 412 g/mol. The third-order valence-electron chi connectivity index (χ3n) is 3.65. The number of aromatic nitrogens is 1. The van der Waals surface area contributed by atoms with Crippen LogP contribution < -0.4 is 14.8 Å². The molecule has 0 unspecified atom stereocenters. The van der Waals surface area contributed by atoms with Crippen LogP contribution >= 0.6 is 11.3 Å². The standard InChI is InChI=1S/C17H24N4O4S2/c1-11-16(26-17(19-11)20-12(2)22)13-6-7-14(25-5)15(10-13)27(23,24)18-8-9-21(3)4/h6-7,10,18H,8-9H2,1-5H3,(H,19,20,22). The summed E-state index contributed by atoms with van der Waals surface area (Å²) >= 11 is 1.29. The third kappa shape index (κ3) is 5.48. The van der Waals surface area contributed by atoms with Gasteiger partial charge in [-0.1, -0.05) is 11.3 Å². The molecule has 0 atom stereocenters. The fourth-order valence-corrected chi connectivity index (χ4v) is 4.60. The van der Waals surface area contributed by atoms with Gasteiger partial charge in [-0.3, -0.25) is 4.79 Å². The molecule has 0 bridgehead atoms. The summed E-state index contributed by atoms with van der Waals surface area (Å²) in [5.41, 5.74) is 1.40. The lowest BCUT2D eigenvalue weighted by Crippen LogP contribution is -2.31. The number of amides is 1. The summed E-state index contributed by atoms with van der Waals surface area (Å²) in [5, 5.41) is 3.12. The summed E-state index contributed by atoms with van der Waals surface area (Å²) in [6.45, 7) is 4.09. The largest absolute Gasteiger partial charge is 0.495 e. The average molecular weight is 413 g/mol. The Morgan fingerprint density at radius 2 is 2.04 bits per heavy atom. The van der Waals surface area contributed by atoms with Crippen LogP contribution in [-0.2, 0) is 14.8 Å². The number of hydrogen-bond donors (Lipinski definition) is 2. The first-order chi connectivity index (χ1) is 12.6. The van der Waals surface area contributed by atoms with E-state index < -0.39 is 10.0 Å². The summed E-state index contributed by atoms with van der Waals surface area (Å²) in [5.74, 6) is 0.0544. The number of nitrogens with zero attached hydrogens (tertiary/aromatic N) is 2. The lowest BCUT2D eigenvalue weighted by atomic mass is 10.1. The van der Waals surface area contributed by atoms with Gasteiger partial charge in [-0.15, -0.1) is 0 Å². The number of likely N-dealkylation sites (N-methyl/N-ethyl adjacent to an activating group) is 1. The number of carbonyl (C=O) groups is 1. The number of rotatable bonds is 8. The van der Waals surface area contributed by atoms with E-state index in [0.717, 1.165) is 4.88 Å². The molecular weight excluding hydrogens is 388 g/mol. The van der Waals surface area contributed by atoms with Gasteiger partial charge < -0.3 is 15.0 Å². The van der Waals surface area contributed by atoms with Crippen molar-refractivity contribution in [2.24, 2.45) is 0 Å². The molecule has 2 rings (SSSR count). The molecule has 0 fully saturated rings. The molecule has 27 heavy (non-hydrogen) atoms. The molecule has 0 spiro atoms. The number of aryl methyl sites for hydroxylation is 1. The Hall–Kier alpha value is -2.01. The van der Waals surface area contributed by atoms with Gasteiger partial charge in [-0.2, -0.15) is 0 Å². The molecule has 0 aliphatic carbocycles. The molecule has 0 saturated heterocycles. The van der Waals surface area contributed by atoms with Gasteiger partial charge in [0, 0.05) is 20.0 Å². The van der Waals surface area contributed by atoms with Crippen LogP contribution in [-0.4, -0.2) is 58.5 Å². The van der Waals surface area contributed by atoms with Gasteiger partial charge in [0.1, 0.15) is 10.6 Å². The molecule has 0 aliphatic rings. The number of thiazole rings is 1. The van der Waals surface area contributed by atoms with Crippen molar-refractivity contribution in [1.29, 1.82) is 0 Å². The predicted octanol–water partition coefficient (Wildman–Crippen LogP) is 1.93. The lowest BCUT2D eigenvalue weighted by Gasteiger charge is -2.14. The second-order valence-electron chi connectivity index (χ2n) is 6.18. The Morgan fingerprint density at radius 1 is 1.33 bits per heavy atom. The van der Waals surface area contributed by atoms with Gasteiger partial charge >= 0.3 is 0 Å². The highest BCUT2D eigenvalue weighted by Gasteiger charge is 2.21.